The molecule has 0 saturated carbocycles. The molecule has 0 bridgehead atoms. The van der Waals surface area contributed by atoms with Gasteiger partial charge in [0.15, 0.2) is 0 Å². The van der Waals surface area contributed by atoms with E-state index in [1.807, 2.05) is 40.9 Å². The molecule has 2 aliphatic heterocycles. The number of hydrogen-bond donors (Lipinski definition) is 2. The van der Waals surface area contributed by atoms with E-state index in [-0.39, 0.29) is 30.4 Å². The monoisotopic (exact) mass is 438 g/mol. The number of anilines is 1. The molecule has 2 saturated heterocycles. The van der Waals surface area contributed by atoms with E-state index in [9.17, 15) is 9.59 Å². The van der Waals surface area contributed by atoms with Crippen LogP contribution in [0.15, 0.2) is 54.6 Å². The summed E-state index contributed by atoms with van der Waals surface area (Å²) in [4.78, 5) is 29.5. The lowest BCUT2D eigenvalue weighted by Crippen LogP contribution is -2.39. The Labute approximate surface area is 188 Å². The molecule has 0 aromatic heterocycles. The molecule has 7 heteroatoms. The molecule has 2 heterocycles. The topological polar surface area (TPSA) is 64.7 Å². The van der Waals surface area contributed by atoms with Crippen molar-refractivity contribution in [3.8, 4) is 0 Å². The largest absolute Gasteiger partial charge is 0.337 e. The predicted octanol–water partition coefficient (Wildman–Crippen LogP) is 2.85. The van der Waals surface area contributed by atoms with Gasteiger partial charge in [-0.25, -0.2) is 0 Å². The average molecular weight is 439 g/mol. The molecule has 4 rings (SSSR count). The van der Waals surface area contributed by atoms with E-state index in [1.165, 1.54) is 5.56 Å². The number of benzene rings is 2. The molecule has 0 spiro atoms. The fourth-order valence-electron chi connectivity index (χ4n) is 4.41. The summed E-state index contributed by atoms with van der Waals surface area (Å²) >= 11 is 1.88. The summed E-state index contributed by atoms with van der Waals surface area (Å²) in [5, 5.41) is 6.38. The highest BCUT2D eigenvalue weighted by Crippen LogP contribution is 2.30. The lowest BCUT2D eigenvalue weighted by Gasteiger charge is -2.26. The van der Waals surface area contributed by atoms with E-state index in [2.05, 4.69) is 46.8 Å². The van der Waals surface area contributed by atoms with Crippen molar-refractivity contribution in [2.24, 2.45) is 0 Å². The van der Waals surface area contributed by atoms with Gasteiger partial charge < -0.3 is 15.5 Å². The Morgan fingerprint density at radius 1 is 1.03 bits per heavy atom. The van der Waals surface area contributed by atoms with Crippen molar-refractivity contribution < 1.29 is 9.59 Å². The third-order valence-electron chi connectivity index (χ3n) is 6.01. The molecule has 2 aromatic carbocycles. The fraction of sp³-hybridized carbons (Fsp3) is 0.417. The SMILES string of the molecule is CN1CC[C@H](NCC(=O)Nc2cccc(C(=O)N3CCSCC3)c2)[C@@H]1c1ccccc1. The van der Waals surface area contributed by atoms with E-state index in [0.717, 1.165) is 37.6 Å². The first kappa shape index (κ1) is 21.9. The summed E-state index contributed by atoms with van der Waals surface area (Å²) in [5.41, 5.74) is 2.55. The zero-order chi connectivity index (χ0) is 21.6. The number of carbonyl (C=O) groups excluding carboxylic acids is 2. The maximum Gasteiger partial charge on any atom is 0.253 e. The van der Waals surface area contributed by atoms with Gasteiger partial charge in [0.25, 0.3) is 5.91 Å². The van der Waals surface area contributed by atoms with E-state index in [0.29, 0.717) is 11.3 Å². The maximum absolute atomic E-state index is 12.7. The number of amides is 2. The number of carbonyl (C=O) groups is 2. The van der Waals surface area contributed by atoms with Crippen molar-refractivity contribution in [3.63, 3.8) is 0 Å². The standard InChI is InChI=1S/C24H30N4O2S/c1-27-11-10-21(23(27)18-6-3-2-4-7-18)25-17-22(29)26-20-9-5-8-19(16-20)24(30)28-12-14-31-15-13-28/h2-9,16,21,23,25H,10-15,17H2,1H3,(H,26,29)/t21-,23-/m0/s1. The quantitative estimate of drug-likeness (QED) is 0.726. The fourth-order valence-corrected chi connectivity index (χ4v) is 5.31. The van der Waals surface area contributed by atoms with Crippen LogP contribution < -0.4 is 10.6 Å². The van der Waals surface area contributed by atoms with Crippen LogP contribution in [-0.2, 0) is 4.79 Å². The average Bonchev–Trinajstić information content (AvgIpc) is 3.19. The first-order valence-electron chi connectivity index (χ1n) is 10.9. The molecule has 0 radical (unpaired) electrons. The lowest BCUT2D eigenvalue weighted by atomic mass is 10.0. The van der Waals surface area contributed by atoms with Gasteiger partial charge in [-0.2, -0.15) is 11.8 Å². The summed E-state index contributed by atoms with van der Waals surface area (Å²) in [6, 6.07) is 18.2. The minimum Gasteiger partial charge on any atom is -0.337 e. The third kappa shape index (κ3) is 5.47. The molecule has 2 atom stereocenters. The summed E-state index contributed by atoms with van der Waals surface area (Å²) in [6.07, 6.45) is 1.00. The van der Waals surface area contributed by atoms with Crippen LogP contribution in [0.1, 0.15) is 28.4 Å². The highest BCUT2D eigenvalue weighted by atomic mass is 32.2. The van der Waals surface area contributed by atoms with Gasteiger partial charge in [0.2, 0.25) is 5.91 Å². The lowest BCUT2D eigenvalue weighted by molar-refractivity contribution is -0.115. The van der Waals surface area contributed by atoms with Crippen molar-refractivity contribution in [2.45, 2.75) is 18.5 Å². The Balaban J connectivity index is 1.33. The summed E-state index contributed by atoms with van der Waals surface area (Å²) in [6.45, 7) is 2.80. The normalized spacial score (nSPS) is 21.8. The molecule has 0 unspecified atom stereocenters. The second-order valence-corrected chi connectivity index (χ2v) is 9.37. The smallest absolute Gasteiger partial charge is 0.253 e. The Morgan fingerprint density at radius 2 is 1.81 bits per heavy atom. The van der Waals surface area contributed by atoms with Crippen LogP contribution >= 0.6 is 11.8 Å². The molecule has 2 amide bonds. The van der Waals surface area contributed by atoms with Crippen LogP contribution in [0.3, 0.4) is 0 Å². The van der Waals surface area contributed by atoms with Crippen molar-refractivity contribution in [3.05, 3.63) is 65.7 Å². The number of hydrogen-bond acceptors (Lipinski definition) is 5. The van der Waals surface area contributed by atoms with Crippen molar-refractivity contribution in [1.82, 2.24) is 15.1 Å². The Morgan fingerprint density at radius 3 is 2.58 bits per heavy atom. The van der Waals surface area contributed by atoms with E-state index in [1.54, 1.807) is 6.07 Å². The Kier molecular flexibility index (Phi) is 7.27. The molecule has 6 nitrogen and oxygen atoms in total. The van der Waals surface area contributed by atoms with E-state index < -0.39 is 0 Å². The van der Waals surface area contributed by atoms with Crippen LogP contribution in [0.25, 0.3) is 0 Å². The van der Waals surface area contributed by atoms with Gasteiger partial charge in [0.1, 0.15) is 0 Å². The number of likely N-dealkylation sites (tertiary alicyclic amines) is 1. The van der Waals surface area contributed by atoms with Gasteiger partial charge in [-0.1, -0.05) is 36.4 Å². The Bertz CT molecular complexity index is 901. The first-order valence-corrected chi connectivity index (χ1v) is 12.0. The molecule has 164 valence electrons. The van der Waals surface area contributed by atoms with Crippen LogP contribution in [-0.4, -0.2) is 72.4 Å². The minimum atomic E-state index is -0.0969. The van der Waals surface area contributed by atoms with E-state index >= 15 is 0 Å². The number of nitrogens with one attached hydrogen (secondary N) is 2. The van der Waals surface area contributed by atoms with Gasteiger partial charge in [-0.3, -0.25) is 14.5 Å². The number of nitrogens with zero attached hydrogens (tertiary/aromatic N) is 2. The van der Waals surface area contributed by atoms with Gasteiger partial charge in [0, 0.05) is 54.5 Å². The molecule has 0 aliphatic carbocycles. The van der Waals surface area contributed by atoms with Crippen molar-refractivity contribution in [2.75, 3.05) is 50.0 Å². The predicted molar refractivity (Wildman–Crippen MR) is 127 cm³/mol. The zero-order valence-corrected chi connectivity index (χ0v) is 18.7. The molecule has 2 N–H and O–H groups in total. The minimum absolute atomic E-state index is 0.0363. The highest BCUT2D eigenvalue weighted by molar-refractivity contribution is 7.99. The molecule has 2 aliphatic rings. The van der Waals surface area contributed by atoms with Crippen molar-refractivity contribution in [1.29, 1.82) is 0 Å². The number of rotatable bonds is 6. The van der Waals surface area contributed by atoms with E-state index in [4.69, 9.17) is 0 Å². The van der Waals surface area contributed by atoms with Crippen LogP contribution in [0.4, 0.5) is 5.69 Å². The Hall–Kier alpha value is -2.35. The summed E-state index contributed by atoms with van der Waals surface area (Å²) in [5.74, 6) is 1.90. The summed E-state index contributed by atoms with van der Waals surface area (Å²) < 4.78 is 0. The highest BCUT2D eigenvalue weighted by Gasteiger charge is 2.32. The van der Waals surface area contributed by atoms with Crippen LogP contribution in [0.5, 0.6) is 0 Å². The first-order chi connectivity index (χ1) is 15.1. The van der Waals surface area contributed by atoms with Gasteiger partial charge in [0.05, 0.1) is 6.54 Å². The second kappa shape index (κ2) is 10.3. The maximum atomic E-state index is 12.7. The van der Waals surface area contributed by atoms with Crippen LogP contribution in [0, 0.1) is 0 Å². The molecule has 2 aromatic rings. The molecular weight excluding hydrogens is 408 g/mol. The van der Waals surface area contributed by atoms with Crippen molar-refractivity contribution >= 4 is 29.3 Å². The molecule has 31 heavy (non-hydrogen) atoms. The van der Waals surface area contributed by atoms with Gasteiger partial charge in [-0.15, -0.1) is 0 Å². The zero-order valence-electron chi connectivity index (χ0n) is 17.9. The summed E-state index contributed by atoms with van der Waals surface area (Å²) in [7, 11) is 2.13. The number of thioether (sulfide) groups is 1. The van der Waals surface area contributed by atoms with Gasteiger partial charge >= 0.3 is 0 Å². The van der Waals surface area contributed by atoms with Crippen LogP contribution in [0.2, 0.25) is 0 Å². The van der Waals surface area contributed by atoms with Gasteiger partial charge in [-0.05, 0) is 37.2 Å². The molecule has 2 fully saturated rings. The number of likely N-dealkylation sites (N-methyl/N-ethyl adjacent to an activating group) is 1. The second-order valence-electron chi connectivity index (χ2n) is 8.15. The molecular formula is C24H30N4O2S. The third-order valence-corrected chi connectivity index (χ3v) is 6.95.